The maximum atomic E-state index is 12.2. The summed E-state index contributed by atoms with van der Waals surface area (Å²) in [5, 5.41) is 15.9. The van der Waals surface area contributed by atoms with Crippen molar-refractivity contribution in [1.29, 1.82) is 0 Å². The van der Waals surface area contributed by atoms with Crippen molar-refractivity contribution in [3.63, 3.8) is 0 Å². The van der Waals surface area contributed by atoms with Crippen LogP contribution in [0, 0.1) is 0 Å². The molecule has 21 heavy (non-hydrogen) atoms. The van der Waals surface area contributed by atoms with Crippen LogP contribution in [-0.4, -0.2) is 43.4 Å². The Morgan fingerprint density at radius 3 is 2.76 bits per heavy atom. The molecule has 7 nitrogen and oxygen atoms in total. The van der Waals surface area contributed by atoms with Gasteiger partial charge in [0.05, 0.1) is 16.5 Å². The van der Waals surface area contributed by atoms with E-state index in [1.165, 1.54) is 10.9 Å². The Morgan fingerprint density at radius 1 is 1.48 bits per heavy atom. The minimum absolute atomic E-state index is 0.0271. The number of carboxylic acid groups (broad SMARTS) is 1. The predicted molar refractivity (Wildman–Crippen MR) is 80.1 cm³/mol. The Balaban J connectivity index is 2.00. The Kier molecular flexibility index (Phi) is 5.07. The summed E-state index contributed by atoms with van der Waals surface area (Å²) in [6, 6.07) is 3.90. The fraction of sp³-hybridized carbons (Fsp3) is 0.333. The van der Waals surface area contributed by atoms with E-state index in [0.717, 1.165) is 8.66 Å². The van der Waals surface area contributed by atoms with Gasteiger partial charge in [-0.15, -0.1) is 16.4 Å². The number of halogens is 1. The summed E-state index contributed by atoms with van der Waals surface area (Å²) in [6.45, 7) is 2.95. The molecule has 0 radical (unpaired) electrons. The molecule has 0 spiro atoms. The highest BCUT2D eigenvalue weighted by molar-refractivity contribution is 9.11. The van der Waals surface area contributed by atoms with E-state index in [0.29, 0.717) is 13.1 Å². The van der Waals surface area contributed by atoms with Crippen LogP contribution >= 0.6 is 27.3 Å². The fourth-order valence-corrected chi connectivity index (χ4v) is 3.21. The topological polar surface area (TPSA) is 88.3 Å². The summed E-state index contributed by atoms with van der Waals surface area (Å²) in [4.78, 5) is 25.7. The first-order chi connectivity index (χ1) is 9.99. The third-order valence-corrected chi connectivity index (χ3v) is 4.37. The minimum atomic E-state index is -1.16. The first-order valence-electron chi connectivity index (χ1n) is 6.15. The predicted octanol–water partition coefficient (Wildman–Crippen LogP) is 1.85. The van der Waals surface area contributed by atoms with Gasteiger partial charge < -0.3 is 10.0 Å². The van der Waals surface area contributed by atoms with Crippen molar-refractivity contribution >= 4 is 39.1 Å². The van der Waals surface area contributed by atoms with Gasteiger partial charge in [-0.1, -0.05) is 5.21 Å². The molecule has 0 saturated carbocycles. The summed E-state index contributed by atoms with van der Waals surface area (Å²) in [6.07, 6.45) is 1.25. The third kappa shape index (κ3) is 4.11. The summed E-state index contributed by atoms with van der Waals surface area (Å²) >= 11 is 4.96. The van der Waals surface area contributed by atoms with Crippen LogP contribution < -0.4 is 0 Å². The maximum Gasteiger partial charge on any atom is 0.358 e. The molecule has 0 atom stereocenters. The fourth-order valence-electron chi connectivity index (χ4n) is 1.71. The molecule has 9 heteroatoms. The number of carboxylic acids is 1. The van der Waals surface area contributed by atoms with Crippen LogP contribution in [0.1, 0.15) is 22.3 Å². The molecule has 2 aromatic heterocycles. The Morgan fingerprint density at radius 2 is 2.24 bits per heavy atom. The Labute approximate surface area is 133 Å². The van der Waals surface area contributed by atoms with E-state index < -0.39 is 5.97 Å². The van der Waals surface area contributed by atoms with E-state index in [9.17, 15) is 9.59 Å². The number of aromatic nitrogens is 3. The van der Waals surface area contributed by atoms with Crippen molar-refractivity contribution in [1.82, 2.24) is 19.9 Å². The molecule has 1 N–H and O–H groups in total. The van der Waals surface area contributed by atoms with E-state index in [2.05, 4.69) is 26.2 Å². The lowest BCUT2D eigenvalue weighted by molar-refractivity contribution is -0.132. The molecular formula is C12H13BrN4O3S. The molecule has 0 aliphatic rings. The van der Waals surface area contributed by atoms with Gasteiger partial charge in [-0.25, -0.2) is 9.48 Å². The molecule has 0 aliphatic carbocycles. The van der Waals surface area contributed by atoms with Crippen LogP contribution in [-0.2, 0) is 17.9 Å². The number of hydrogen-bond donors (Lipinski definition) is 1. The van der Waals surface area contributed by atoms with E-state index in [4.69, 9.17) is 5.11 Å². The minimum Gasteiger partial charge on any atom is -0.476 e. The number of aromatic carboxylic acids is 1. The zero-order valence-corrected chi connectivity index (χ0v) is 13.6. The number of rotatable bonds is 6. The zero-order valence-electron chi connectivity index (χ0n) is 11.2. The van der Waals surface area contributed by atoms with Crippen molar-refractivity contribution < 1.29 is 14.7 Å². The summed E-state index contributed by atoms with van der Waals surface area (Å²) in [7, 11) is 0. The number of hydrogen-bond acceptors (Lipinski definition) is 5. The van der Waals surface area contributed by atoms with Gasteiger partial charge in [-0.2, -0.15) is 0 Å². The first-order valence-corrected chi connectivity index (χ1v) is 7.76. The smallest absolute Gasteiger partial charge is 0.358 e. The summed E-state index contributed by atoms with van der Waals surface area (Å²) in [5.41, 5.74) is -0.173. The van der Waals surface area contributed by atoms with Crippen molar-refractivity contribution in [2.24, 2.45) is 0 Å². The van der Waals surface area contributed by atoms with Crippen LogP contribution in [0.3, 0.4) is 0 Å². The molecule has 0 aromatic carbocycles. The van der Waals surface area contributed by atoms with Crippen molar-refractivity contribution in [2.75, 3.05) is 6.54 Å². The first kappa shape index (κ1) is 15.6. The summed E-state index contributed by atoms with van der Waals surface area (Å²) < 4.78 is 2.25. The van der Waals surface area contributed by atoms with Crippen molar-refractivity contribution in [2.45, 2.75) is 20.0 Å². The highest BCUT2D eigenvalue weighted by Crippen LogP contribution is 2.23. The molecular weight excluding hydrogens is 360 g/mol. The molecule has 112 valence electrons. The van der Waals surface area contributed by atoms with E-state index in [1.54, 1.807) is 16.2 Å². The van der Waals surface area contributed by atoms with Gasteiger partial charge in [0.2, 0.25) is 5.91 Å². The highest BCUT2D eigenvalue weighted by Gasteiger charge is 2.16. The SMILES string of the molecule is CCN(Cc1ccc(Br)s1)C(=O)Cn1cc(C(=O)O)nn1. The number of carbonyl (C=O) groups is 2. The van der Waals surface area contributed by atoms with Gasteiger partial charge in [0.15, 0.2) is 5.69 Å². The second kappa shape index (κ2) is 6.81. The van der Waals surface area contributed by atoms with Gasteiger partial charge in [0.1, 0.15) is 6.54 Å². The molecule has 0 aliphatic heterocycles. The number of amides is 1. The molecule has 1 amide bonds. The number of likely N-dealkylation sites (N-methyl/N-ethyl adjacent to an activating group) is 1. The molecule has 0 fully saturated rings. The molecule has 2 aromatic rings. The largest absolute Gasteiger partial charge is 0.476 e. The standard InChI is InChI=1S/C12H13BrN4O3S/c1-2-16(5-8-3-4-10(13)21-8)11(18)7-17-6-9(12(19)20)14-15-17/h3-4,6H,2,5,7H2,1H3,(H,19,20). The van der Waals surface area contributed by atoms with E-state index in [-0.39, 0.29) is 18.1 Å². The Bertz CT molecular complexity index is 654. The summed E-state index contributed by atoms with van der Waals surface area (Å²) in [5.74, 6) is -1.30. The molecule has 0 bridgehead atoms. The Hall–Kier alpha value is -1.74. The maximum absolute atomic E-state index is 12.2. The molecule has 2 heterocycles. The van der Waals surface area contributed by atoms with Crippen molar-refractivity contribution in [3.8, 4) is 0 Å². The number of thiophene rings is 1. The number of nitrogens with zero attached hydrogens (tertiary/aromatic N) is 4. The van der Waals surface area contributed by atoms with Gasteiger partial charge in [0.25, 0.3) is 0 Å². The second-order valence-corrected chi connectivity index (χ2v) is 6.77. The van der Waals surface area contributed by atoms with Crippen LogP contribution in [0.5, 0.6) is 0 Å². The van der Waals surface area contributed by atoms with Gasteiger partial charge in [-0.05, 0) is 35.0 Å². The lowest BCUT2D eigenvalue weighted by Crippen LogP contribution is -2.33. The van der Waals surface area contributed by atoms with Crippen LogP contribution in [0.15, 0.2) is 22.1 Å². The van der Waals surface area contributed by atoms with Gasteiger partial charge >= 0.3 is 5.97 Å². The van der Waals surface area contributed by atoms with Crippen molar-refractivity contribution in [3.05, 3.63) is 32.7 Å². The van der Waals surface area contributed by atoms with Crippen LogP contribution in [0.25, 0.3) is 0 Å². The molecule has 0 saturated heterocycles. The molecule has 2 rings (SSSR count). The van der Waals surface area contributed by atoms with Crippen LogP contribution in [0.4, 0.5) is 0 Å². The average Bonchev–Trinajstić information content (AvgIpc) is 3.05. The lowest BCUT2D eigenvalue weighted by Gasteiger charge is -2.19. The van der Waals surface area contributed by atoms with E-state index >= 15 is 0 Å². The van der Waals surface area contributed by atoms with Gasteiger partial charge in [-0.3, -0.25) is 4.79 Å². The lowest BCUT2D eigenvalue weighted by atomic mass is 10.4. The highest BCUT2D eigenvalue weighted by atomic mass is 79.9. The normalized spacial score (nSPS) is 10.6. The number of carbonyl (C=O) groups excluding carboxylic acids is 1. The van der Waals surface area contributed by atoms with Gasteiger partial charge in [0, 0.05) is 11.4 Å². The quantitative estimate of drug-likeness (QED) is 0.835. The monoisotopic (exact) mass is 372 g/mol. The zero-order chi connectivity index (χ0) is 15.4. The van der Waals surface area contributed by atoms with E-state index in [1.807, 2.05) is 19.1 Å². The van der Waals surface area contributed by atoms with Crippen LogP contribution in [0.2, 0.25) is 0 Å². The third-order valence-electron chi connectivity index (χ3n) is 2.77. The molecule has 0 unspecified atom stereocenters. The second-order valence-electron chi connectivity index (χ2n) is 4.22. The average molecular weight is 373 g/mol.